The van der Waals surface area contributed by atoms with E-state index >= 15 is 0 Å². The van der Waals surface area contributed by atoms with Crippen molar-refractivity contribution in [3.05, 3.63) is 205 Å². The Morgan fingerprint density at radius 3 is 0.965 bits per heavy atom. The lowest BCUT2D eigenvalue weighted by Gasteiger charge is -2.59. The molecule has 6 unspecified atom stereocenters. The zero-order valence-electron chi connectivity index (χ0n) is 52.6. The van der Waals surface area contributed by atoms with Crippen molar-refractivity contribution in [3.63, 3.8) is 0 Å². The lowest BCUT2D eigenvalue weighted by atomic mass is 9.51. The summed E-state index contributed by atoms with van der Waals surface area (Å²) in [6, 6.07) is 74.0. The predicted molar refractivity (Wildman–Crippen MR) is 362 cm³/mol. The topological polar surface area (TPSA) is 9.72 Å². The largest absolute Gasteiger partial charge is 0.334 e. The molecule has 3 aliphatic heterocycles. The van der Waals surface area contributed by atoms with Crippen molar-refractivity contribution in [3.8, 4) is 33.4 Å². The summed E-state index contributed by atoms with van der Waals surface area (Å²) >= 11 is 0. The molecule has 3 saturated carbocycles. The molecule has 85 heavy (non-hydrogen) atoms. The SMILES string of the molecule is CC1(C)CCCC2(C)c3cc(-c4ccc5ccc6c(-c7ccc8c(c7)C7(C)CCCC(C)(C)C7(C)N8c7ccccc7)cc(-c7ccc8c(c7)C7(C)CCCC(C)(C)C7(C)N8c7ccccc7)c7ccc4c5c67)ccc3N(c3ccccc3)C12C. The summed E-state index contributed by atoms with van der Waals surface area (Å²) in [7, 11) is 0. The molecule has 10 aromatic rings. The van der Waals surface area contributed by atoms with Crippen molar-refractivity contribution >= 4 is 66.4 Å². The van der Waals surface area contributed by atoms with Crippen molar-refractivity contribution in [2.45, 2.75) is 174 Å². The molecule has 6 aliphatic rings. The Morgan fingerprint density at radius 2 is 0.600 bits per heavy atom. The quantitative estimate of drug-likeness (QED) is 0.154. The number of fused-ring (bicyclic) bond motifs is 9. The molecule has 0 bridgehead atoms. The maximum absolute atomic E-state index is 2.75. The predicted octanol–water partition coefficient (Wildman–Crippen LogP) is 22.7. The average Bonchev–Trinajstić information content (AvgIpc) is 1.58. The van der Waals surface area contributed by atoms with Gasteiger partial charge in [0.05, 0.1) is 16.6 Å². The molecule has 3 fully saturated rings. The molecule has 0 radical (unpaired) electrons. The zero-order chi connectivity index (χ0) is 58.6. The van der Waals surface area contributed by atoms with Crippen molar-refractivity contribution in [1.29, 1.82) is 0 Å². The van der Waals surface area contributed by atoms with Gasteiger partial charge in [-0.1, -0.05) is 191 Å². The Morgan fingerprint density at radius 1 is 0.282 bits per heavy atom. The van der Waals surface area contributed by atoms with Crippen LogP contribution in [-0.4, -0.2) is 16.6 Å². The monoisotopic (exact) mass is 1110 g/mol. The molecule has 16 rings (SSSR count). The van der Waals surface area contributed by atoms with Gasteiger partial charge < -0.3 is 14.7 Å². The summed E-state index contributed by atoms with van der Waals surface area (Å²) in [5.41, 5.74) is 19.9. The highest BCUT2D eigenvalue weighted by atomic mass is 15.3. The molecule has 3 heteroatoms. The first-order valence-electron chi connectivity index (χ1n) is 32.4. The summed E-state index contributed by atoms with van der Waals surface area (Å²) in [6.45, 7) is 30.8. The number of rotatable bonds is 6. The fraction of sp³-hybridized carbons (Fsp3) is 0.366. The van der Waals surface area contributed by atoms with Gasteiger partial charge in [-0.2, -0.15) is 0 Å². The van der Waals surface area contributed by atoms with E-state index in [0.29, 0.717) is 0 Å². The van der Waals surface area contributed by atoms with Crippen LogP contribution in [0.3, 0.4) is 0 Å². The molecular formula is C82H85N3. The summed E-state index contributed by atoms with van der Waals surface area (Å²) in [5.74, 6) is 0. The van der Waals surface area contributed by atoms with Crippen LogP contribution in [0.2, 0.25) is 0 Å². The molecule has 10 aromatic carbocycles. The van der Waals surface area contributed by atoms with Crippen LogP contribution >= 0.6 is 0 Å². The smallest absolute Gasteiger partial charge is 0.0568 e. The third-order valence-electron chi connectivity index (χ3n) is 26.2. The minimum absolute atomic E-state index is 0.0464. The first-order valence-corrected chi connectivity index (χ1v) is 32.4. The minimum atomic E-state index is -0.137. The molecule has 6 atom stereocenters. The van der Waals surface area contributed by atoms with Gasteiger partial charge in [0.1, 0.15) is 0 Å². The molecule has 3 aliphatic carbocycles. The minimum Gasteiger partial charge on any atom is -0.334 e. The van der Waals surface area contributed by atoms with E-state index in [4.69, 9.17) is 0 Å². The second-order valence-electron chi connectivity index (χ2n) is 30.5. The number of hydrogen-bond donors (Lipinski definition) is 0. The van der Waals surface area contributed by atoms with Gasteiger partial charge in [-0.15, -0.1) is 0 Å². The van der Waals surface area contributed by atoms with Crippen LogP contribution in [0.4, 0.5) is 34.1 Å². The highest BCUT2D eigenvalue weighted by Crippen LogP contribution is 2.70. The number of benzene rings is 10. The zero-order valence-corrected chi connectivity index (χ0v) is 52.6. The Hall–Kier alpha value is -7.36. The van der Waals surface area contributed by atoms with E-state index < -0.39 is 0 Å². The maximum atomic E-state index is 2.75. The second kappa shape index (κ2) is 17.4. The molecular weight excluding hydrogens is 1030 g/mol. The fourth-order valence-electron chi connectivity index (χ4n) is 20.5. The number of anilines is 6. The van der Waals surface area contributed by atoms with Gasteiger partial charge in [0.2, 0.25) is 0 Å². The number of nitrogens with zero attached hydrogens (tertiary/aromatic N) is 3. The molecule has 428 valence electrons. The first kappa shape index (κ1) is 53.1. The normalized spacial score (nSPS) is 28.5. The number of para-hydroxylation sites is 3. The molecule has 0 amide bonds. The summed E-state index contributed by atoms with van der Waals surface area (Å²) < 4.78 is 0. The van der Waals surface area contributed by atoms with E-state index in [1.807, 2.05) is 0 Å². The van der Waals surface area contributed by atoms with Crippen LogP contribution < -0.4 is 14.7 Å². The molecule has 0 aromatic heterocycles. The van der Waals surface area contributed by atoms with Crippen molar-refractivity contribution in [1.82, 2.24) is 0 Å². The first-order chi connectivity index (χ1) is 40.6. The van der Waals surface area contributed by atoms with Gasteiger partial charge >= 0.3 is 0 Å². The average molecular weight is 1110 g/mol. The summed E-state index contributed by atoms with van der Waals surface area (Å²) in [6.07, 6.45) is 10.8. The second-order valence-corrected chi connectivity index (χ2v) is 30.5. The maximum Gasteiger partial charge on any atom is 0.0568 e. The van der Waals surface area contributed by atoms with Crippen LogP contribution in [0.5, 0.6) is 0 Å². The van der Waals surface area contributed by atoms with E-state index in [9.17, 15) is 0 Å². The van der Waals surface area contributed by atoms with Gasteiger partial charge in [0, 0.05) is 50.4 Å². The fourth-order valence-corrected chi connectivity index (χ4v) is 20.5. The Labute approximate surface area is 506 Å². The van der Waals surface area contributed by atoms with Gasteiger partial charge in [-0.05, 0) is 237 Å². The third-order valence-corrected chi connectivity index (χ3v) is 26.2. The molecule has 0 saturated heterocycles. The third kappa shape index (κ3) is 6.48. The number of hydrogen-bond acceptors (Lipinski definition) is 3. The molecule has 3 nitrogen and oxygen atoms in total. The summed E-state index contributed by atoms with van der Waals surface area (Å²) in [4.78, 5) is 8.24. The van der Waals surface area contributed by atoms with Crippen molar-refractivity contribution < 1.29 is 0 Å². The standard InChI is InChI=1S/C82H85N3/c1-74(2)43-22-46-77(7)66-49-54(33-40-69(66)83(80(74,77)10)57-25-16-13-17-26-57)60-36-31-53-32-37-62-64(55-34-41-70-67(50-55)78(8)47-23-44-75(3,4)81(78,11)84(70)58-27-18-14-19-28-58)52-65(63-39-38-61(60)72(53)73(62)63)56-35-42-71-68(51-56)79(9)48-24-45-76(5,6)82(79,12)85(71)59-29-20-15-21-30-59/h13-21,25-42,49-52H,22-24,43-48H2,1-12H3. The van der Waals surface area contributed by atoms with E-state index in [0.717, 1.165) is 12.8 Å². The van der Waals surface area contributed by atoms with Gasteiger partial charge in [-0.25, -0.2) is 0 Å². The van der Waals surface area contributed by atoms with Crippen LogP contribution in [0.25, 0.3) is 65.7 Å². The van der Waals surface area contributed by atoms with E-state index in [-0.39, 0.29) is 49.1 Å². The van der Waals surface area contributed by atoms with Gasteiger partial charge in [0.15, 0.2) is 0 Å². The van der Waals surface area contributed by atoms with E-state index in [2.05, 4.69) is 286 Å². The molecule has 0 spiro atoms. The van der Waals surface area contributed by atoms with E-state index in [1.54, 1.807) is 0 Å². The Bertz CT molecular complexity index is 4230. The highest BCUT2D eigenvalue weighted by Gasteiger charge is 2.67. The van der Waals surface area contributed by atoms with Crippen molar-refractivity contribution in [2.24, 2.45) is 16.2 Å². The van der Waals surface area contributed by atoms with Crippen LogP contribution in [0.1, 0.15) is 158 Å². The van der Waals surface area contributed by atoms with Crippen LogP contribution in [0, 0.1) is 16.2 Å². The molecule has 0 N–H and O–H groups in total. The van der Waals surface area contributed by atoms with Gasteiger partial charge in [-0.3, -0.25) is 0 Å². The lowest BCUT2D eigenvalue weighted by Crippen LogP contribution is -2.64. The Kier molecular flexibility index (Phi) is 10.9. The van der Waals surface area contributed by atoms with E-state index in [1.165, 1.54) is 161 Å². The molecule has 3 heterocycles. The van der Waals surface area contributed by atoms with Crippen molar-refractivity contribution in [2.75, 3.05) is 14.7 Å². The highest BCUT2D eigenvalue weighted by molar-refractivity contribution is 6.30. The van der Waals surface area contributed by atoms with Crippen LogP contribution in [0.15, 0.2) is 188 Å². The lowest BCUT2D eigenvalue weighted by molar-refractivity contribution is 0.0484. The van der Waals surface area contributed by atoms with Gasteiger partial charge in [0.25, 0.3) is 0 Å². The summed E-state index contributed by atoms with van der Waals surface area (Å²) in [5, 5.41) is 8.02. The Balaban J connectivity index is 0.943. The van der Waals surface area contributed by atoms with Crippen LogP contribution in [-0.2, 0) is 16.2 Å².